The Morgan fingerprint density at radius 3 is 2.65 bits per heavy atom. The number of nitrogens with one attached hydrogen (secondary N) is 3. The van der Waals surface area contributed by atoms with Crippen molar-refractivity contribution >= 4 is 11.6 Å². The van der Waals surface area contributed by atoms with Gasteiger partial charge in [0.05, 0.1) is 12.6 Å². The van der Waals surface area contributed by atoms with Crippen LogP contribution >= 0.6 is 0 Å². The van der Waals surface area contributed by atoms with Gasteiger partial charge in [0.15, 0.2) is 5.96 Å². The molecule has 1 atom stereocenters. The van der Waals surface area contributed by atoms with E-state index in [1.165, 1.54) is 24.0 Å². The van der Waals surface area contributed by atoms with Gasteiger partial charge in [-0.15, -0.1) is 0 Å². The van der Waals surface area contributed by atoms with Gasteiger partial charge in [0.1, 0.15) is 11.4 Å². The zero-order chi connectivity index (χ0) is 21.5. The van der Waals surface area contributed by atoms with Crippen molar-refractivity contribution in [3.8, 4) is 5.75 Å². The average molecular weight is 423 g/mol. The van der Waals surface area contributed by atoms with Crippen LogP contribution in [0.25, 0.3) is 0 Å². The third-order valence-corrected chi connectivity index (χ3v) is 6.30. The molecule has 1 aliphatic heterocycles. The third kappa shape index (κ3) is 5.31. The fourth-order valence-corrected chi connectivity index (χ4v) is 4.66. The predicted octanol–water partition coefficient (Wildman–Crippen LogP) is 4.25. The van der Waals surface area contributed by atoms with Crippen LogP contribution in [0.4, 0.5) is 5.69 Å². The first-order chi connectivity index (χ1) is 15.2. The molecule has 1 unspecified atom stereocenters. The zero-order valence-electron chi connectivity index (χ0n) is 18.6. The number of guanidine groups is 1. The van der Waals surface area contributed by atoms with E-state index in [9.17, 15) is 0 Å². The van der Waals surface area contributed by atoms with Crippen LogP contribution in [0.3, 0.4) is 0 Å². The zero-order valence-corrected chi connectivity index (χ0v) is 18.6. The summed E-state index contributed by atoms with van der Waals surface area (Å²) in [6, 6.07) is 17.1. The molecule has 6 heteroatoms. The van der Waals surface area contributed by atoms with Crippen LogP contribution in [0, 0.1) is 0 Å². The molecule has 2 aromatic rings. The number of ether oxygens (including phenoxy) is 2. The number of benzene rings is 2. The molecular weight excluding hydrogens is 388 g/mol. The van der Waals surface area contributed by atoms with E-state index in [0.717, 1.165) is 43.2 Å². The molecule has 1 aliphatic carbocycles. The summed E-state index contributed by atoms with van der Waals surface area (Å²) in [7, 11) is 3.54. The maximum Gasteiger partial charge on any atom is 0.191 e. The number of hydrogen-bond acceptors (Lipinski definition) is 4. The summed E-state index contributed by atoms with van der Waals surface area (Å²) in [5.41, 5.74) is 3.49. The molecule has 1 saturated carbocycles. The van der Waals surface area contributed by atoms with Crippen LogP contribution in [0.2, 0.25) is 0 Å². The maximum atomic E-state index is 6.49. The minimum absolute atomic E-state index is 0.0312. The lowest BCUT2D eigenvalue weighted by atomic mass is 9.86. The van der Waals surface area contributed by atoms with Gasteiger partial charge in [0.25, 0.3) is 0 Å². The van der Waals surface area contributed by atoms with E-state index in [0.29, 0.717) is 13.2 Å². The third-order valence-electron chi connectivity index (χ3n) is 6.30. The molecular formula is C25H34N4O2. The van der Waals surface area contributed by atoms with E-state index in [4.69, 9.17) is 9.47 Å². The monoisotopic (exact) mass is 422 g/mol. The number of para-hydroxylation sites is 1. The molecule has 2 aliphatic rings. The second-order valence-corrected chi connectivity index (χ2v) is 8.47. The molecule has 0 saturated heterocycles. The van der Waals surface area contributed by atoms with Crippen molar-refractivity contribution in [1.82, 2.24) is 10.6 Å². The quantitative estimate of drug-likeness (QED) is 0.354. The predicted molar refractivity (Wildman–Crippen MR) is 126 cm³/mol. The molecule has 4 rings (SSSR count). The van der Waals surface area contributed by atoms with Crippen molar-refractivity contribution in [1.29, 1.82) is 0 Å². The van der Waals surface area contributed by atoms with Crippen LogP contribution in [-0.2, 0) is 11.3 Å². The van der Waals surface area contributed by atoms with Crippen LogP contribution in [0.1, 0.15) is 49.3 Å². The fourth-order valence-electron chi connectivity index (χ4n) is 4.66. The van der Waals surface area contributed by atoms with E-state index in [1.54, 1.807) is 7.11 Å². The number of nitrogens with zero attached hydrogens (tertiary/aromatic N) is 1. The summed E-state index contributed by atoms with van der Waals surface area (Å²) in [6.45, 7) is 2.22. The lowest BCUT2D eigenvalue weighted by molar-refractivity contribution is 0.0396. The highest BCUT2D eigenvalue weighted by Gasteiger charge is 2.43. The molecule has 3 N–H and O–H groups in total. The Morgan fingerprint density at radius 2 is 1.90 bits per heavy atom. The van der Waals surface area contributed by atoms with E-state index >= 15 is 0 Å². The van der Waals surface area contributed by atoms with Gasteiger partial charge in [-0.25, -0.2) is 0 Å². The average Bonchev–Trinajstić information content (AvgIpc) is 3.24. The van der Waals surface area contributed by atoms with Crippen molar-refractivity contribution in [3.05, 3.63) is 59.7 Å². The van der Waals surface area contributed by atoms with Gasteiger partial charge in [-0.2, -0.15) is 0 Å². The molecule has 6 nitrogen and oxygen atoms in total. The number of rotatable bonds is 7. The Hall–Kier alpha value is -2.73. The van der Waals surface area contributed by atoms with Crippen molar-refractivity contribution in [3.63, 3.8) is 0 Å². The minimum Gasteiger partial charge on any atom is -0.487 e. The van der Waals surface area contributed by atoms with Gasteiger partial charge in [0.2, 0.25) is 0 Å². The highest BCUT2D eigenvalue weighted by molar-refractivity contribution is 5.80. The van der Waals surface area contributed by atoms with E-state index in [1.807, 2.05) is 7.05 Å². The van der Waals surface area contributed by atoms with Gasteiger partial charge in [-0.1, -0.05) is 30.3 Å². The number of anilines is 1. The largest absolute Gasteiger partial charge is 0.487 e. The minimum atomic E-state index is -0.0312. The van der Waals surface area contributed by atoms with E-state index in [2.05, 4.69) is 69.5 Å². The first kappa shape index (κ1) is 21.5. The van der Waals surface area contributed by atoms with Gasteiger partial charge >= 0.3 is 0 Å². The molecule has 0 aromatic heterocycles. The lowest BCUT2D eigenvalue weighted by Gasteiger charge is -2.40. The summed E-state index contributed by atoms with van der Waals surface area (Å²) < 4.78 is 11.6. The van der Waals surface area contributed by atoms with Crippen LogP contribution in [0.15, 0.2) is 53.5 Å². The Balaban J connectivity index is 1.37. The summed E-state index contributed by atoms with van der Waals surface area (Å²) in [5.74, 6) is 1.83. The molecule has 0 bridgehead atoms. The number of methoxy groups -OCH3 is 1. The fraction of sp³-hybridized carbons (Fsp3) is 0.480. The van der Waals surface area contributed by atoms with Crippen LogP contribution in [-0.4, -0.2) is 38.9 Å². The molecule has 31 heavy (non-hydrogen) atoms. The Labute approximate surface area is 185 Å². The van der Waals surface area contributed by atoms with E-state index in [-0.39, 0.29) is 11.6 Å². The van der Waals surface area contributed by atoms with Gasteiger partial charge in [-0.05, 0) is 49.4 Å². The highest BCUT2D eigenvalue weighted by Crippen LogP contribution is 2.46. The molecule has 1 fully saturated rings. The molecule has 1 spiro atoms. The van der Waals surface area contributed by atoms with E-state index < -0.39 is 0 Å². The second-order valence-electron chi connectivity index (χ2n) is 8.47. The summed E-state index contributed by atoms with van der Waals surface area (Å²) in [6.07, 6.45) is 5.75. The topological polar surface area (TPSA) is 66.9 Å². The summed E-state index contributed by atoms with van der Waals surface area (Å²) in [4.78, 5) is 4.48. The van der Waals surface area contributed by atoms with Gasteiger partial charge in [-0.3, -0.25) is 4.99 Å². The normalized spacial score (nSPS) is 19.5. The molecule has 166 valence electrons. The van der Waals surface area contributed by atoms with Crippen molar-refractivity contribution in [2.75, 3.05) is 32.6 Å². The SMILES string of the molecule is CN=C(NCc1ccc(NCCOC)cc1)NC1CC2(CCCC2)Oc2ccccc21. The Bertz CT molecular complexity index is 875. The maximum absolute atomic E-state index is 6.49. The summed E-state index contributed by atoms with van der Waals surface area (Å²) in [5, 5.41) is 10.5. The van der Waals surface area contributed by atoms with Crippen LogP contribution in [0.5, 0.6) is 5.75 Å². The first-order valence-corrected chi connectivity index (χ1v) is 11.3. The number of fused-ring (bicyclic) bond motifs is 1. The van der Waals surface area contributed by atoms with Crippen LogP contribution < -0.4 is 20.7 Å². The standard InChI is InChI=1S/C25H34N4O2/c1-26-24(28-18-19-9-11-20(12-10-19)27-15-16-30-2)29-22-17-25(13-5-6-14-25)31-23-8-4-3-7-21(22)23/h3-4,7-12,22,27H,5-6,13-18H2,1-2H3,(H2,26,28,29). The molecule has 1 heterocycles. The Kier molecular flexibility index (Phi) is 6.97. The van der Waals surface area contributed by atoms with Crippen molar-refractivity contribution in [2.45, 2.75) is 50.3 Å². The lowest BCUT2D eigenvalue weighted by Crippen LogP contribution is -2.46. The van der Waals surface area contributed by atoms with Gasteiger partial charge in [0, 0.05) is 44.9 Å². The molecule has 0 amide bonds. The smallest absolute Gasteiger partial charge is 0.191 e. The second kappa shape index (κ2) is 10.1. The number of hydrogen-bond donors (Lipinski definition) is 3. The van der Waals surface area contributed by atoms with Crippen molar-refractivity contribution in [2.24, 2.45) is 4.99 Å². The van der Waals surface area contributed by atoms with Crippen molar-refractivity contribution < 1.29 is 9.47 Å². The first-order valence-electron chi connectivity index (χ1n) is 11.3. The molecule has 2 aromatic carbocycles. The highest BCUT2D eigenvalue weighted by atomic mass is 16.5. The number of aliphatic imine (C=N–C) groups is 1. The Morgan fingerprint density at radius 1 is 1.13 bits per heavy atom. The summed E-state index contributed by atoms with van der Waals surface area (Å²) >= 11 is 0. The van der Waals surface area contributed by atoms with Gasteiger partial charge < -0.3 is 25.4 Å². The molecule has 0 radical (unpaired) electrons.